The highest BCUT2D eigenvalue weighted by atomic mass is 35.5. The maximum atomic E-state index is 12.5. The highest BCUT2D eigenvalue weighted by molar-refractivity contribution is 7.99. The van der Waals surface area contributed by atoms with Crippen molar-refractivity contribution in [2.24, 2.45) is 5.10 Å². The third kappa shape index (κ3) is 5.80. The van der Waals surface area contributed by atoms with Gasteiger partial charge in [-0.2, -0.15) is 5.10 Å². The first-order valence-electron chi connectivity index (χ1n) is 10.1. The van der Waals surface area contributed by atoms with Gasteiger partial charge in [-0.05, 0) is 43.3 Å². The lowest BCUT2D eigenvalue weighted by Gasteiger charge is -2.10. The van der Waals surface area contributed by atoms with Gasteiger partial charge in [0.1, 0.15) is 0 Å². The van der Waals surface area contributed by atoms with E-state index in [1.165, 1.54) is 11.8 Å². The Hall–Kier alpha value is -2.84. The number of halogens is 3. The number of aromatic nitrogens is 3. The maximum absolute atomic E-state index is 12.5. The number of thioether (sulfide) groups is 1. The number of amides is 1. The van der Waals surface area contributed by atoms with Crippen molar-refractivity contribution in [1.82, 2.24) is 20.2 Å². The minimum Gasteiger partial charge on any atom is -0.272 e. The standard InChI is InChI=1S/C24H18Cl3N5OS/c1-15(20-12-9-18(26)13-21(20)27)28-29-22(33)14-34-24-31-30-23(16-5-3-2-4-6-16)32(24)19-10-7-17(25)8-11-19/h2-13H,14H2,1H3,(H,29,33). The molecular weight excluding hydrogens is 513 g/mol. The lowest BCUT2D eigenvalue weighted by atomic mass is 10.1. The van der Waals surface area contributed by atoms with Crippen molar-refractivity contribution in [3.05, 3.63) is 93.4 Å². The summed E-state index contributed by atoms with van der Waals surface area (Å²) in [5.74, 6) is 0.462. The highest BCUT2D eigenvalue weighted by Gasteiger charge is 2.17. The molecule has 0 unspecified atom stereocenters. The number of rotatable bonds is 7. The zero-order valence-corrected chi connectivity index (χ0v) is 21.0. The number of nitrogens with zero attached hydrogens (tertiary/aromatic N) is 4. The zero-order valence-electron chi connectivity index (χ0n) is 17.9. The van der Waals surface area contributed by atoms with Crippen LogP contribution in [-0.2, 0) is 4.79 Å². The van der Waals surface area contributed by atoms with Gasteiger partial charge in [0.15, 0.2) is 11.0 Å². The quantitative estimate of drug-likeness (QED) is 0.168. The zero-order chi connectivity index (χ0) is 24.1. The van der Waals surface area contributed by atoms with Crippen LogP contribution in [0.2, 0.25) is 15.1 Å². The Kier molecular flexibility index (Phi) is 7.90. The molecule has 0 bridgehead atoms. The number of hydrogen-bond acceptors (Lipinski definition) is 5. The molecule has 10 heteroatoms. The van der Waals surface area contributed by atoms with Crippen LogP contribution in [0.3, 0.4) is 0 Å². The molecule has 6 nitrogen and oxygen atoms in total. The molecule has 4 rings (SSSR count). The number of hydrogen-bond donors (Lipinski definition) is 1. The first-order valence-corrected chi connectivity index (χ1v) is 12.2. The molecule has 0 aliphatic rings. The maximum Gasteiger partial charge on any atom is 0.250 e. The van der Waals surface area contributed by atoms with Crippen LogP contribution in [0.4, 0.5) is 0 Å². The second-order valence-electron chi connectivity index (χ2n) is 7.13. The van der Waals surface area contributed by atoms with E-state index >= 15 is 0 Å². The molecule has 0 radical (unpaired) electrons. The molecule has 0 aliphatic carbocycles. The van der Waals surface area contributed by atoms with E-state index in [4.69, 9.17) is 34.8 Å². The molecule has 0 saturated carbocycles. The molecule has 34 heavy (non-hydrogen) atoms. The fourth-order valence-electron chi connectivity index (χ4n) is 3.11. The second-order valence-corrected chi connectivity index (χ2v) is 9.35. The number of carbonyl (C=O) groups is 1. The van der Waals surface area contributed by atoms with Gasteiger partial charge in [-0.1, -0.05) is 83.0 Å². The summed E-state index contributed by atoms with van der Waals surface area (Å²) < 4.78 is 1.89. The van der Waals surface area contributed by atoms with Gasteiger partial charge in [-0.3, -0.25) is 9.36 Å². The Bertz CT molecular complexity index is 1340. The summed E-state index contributed by atoms with van der Waals surface area (Å²) in [4.78, 5) is 12.5. The summed E-state index contributed by atoms with van der Waals surface area (Å²) in [6.07, 6.45) is 0. The molecule has 4 aromatic rings. The predicted octanol–water partition coefficient (Wildman–Crippen LogP) is 6.53. The Labute approximate surface area is 215 Å². The van der Waals surface area contributed by atoms with Gasteiger partial charge in [0, 0.05) is 26.9 Å². The SMILES string of the molecule is CC(=NNC(=O)CSc1nnc(-c2ccccc2)n1-c1ccc(Cl)cc1)c1ccc(Cl)cc1Cl. The Morgan fingerprint density at radius 2 is 1.68 bits per heavy atom. The largest absolute Gasteiger partial charge is 0.272 e. The first-order chi connectivity index (χ1) is 16.4. The topological polar surface area (TPSA) is 72.2 Å². The third-order valence-corrected chi connectivity index (χ3v) is 6.48. The van der Waals surface area contributed by atoms with Gasteiger partial charge in [0.25, 0.3) is 5.91 Å². The van der Waals surface area contributed by atoms with Crippen LogP contribution >= 0.6 is 46.6 Å². The van der Waals surface area contributed by atoms with Crippen LogP contribution in [0, 0.1) is 0 Å². The van der Waals surface area contributed by atoms with Crippen molar-refractivity contribution in [3.63, 3.8) is 0 Å². The molecule has 0 fully saturated rings. The normalized spacial score (nSPS) is 11.5. The molecule has 1 heterocycles. The van der Waals surface area contributed by atoms with Crippen molar-refractivity contribution < 1.29 is 4.79 Å². The summed E-state index contributed by atoms with van der Waals surface area (Å²) in [5.41, 5.74) is 5.55. The Morgan fingerprint density at radius 1 is 0.971 bits per heavy atom. The van der Waals surface area contributed by atoms with E-state index < -0.39 is 0 Å². The van der Waals surface area contributed by atoms with Gasteiger partial charge in [0.2, 0.25) is 0 Å². The van der Waals surface area contributed by atoms with Crippen molar-refractivity contribution in [2.75, 3.05) is 5.75 Å². The lowest BCUT2D eigenvalue weighted by molar-refractivity contribution is -0.118. The molecule has 0 saturated heterocycles. The minimum atomic E-state index is -0.290. The van der Waals surface area contributed by atoms with E-state index in [0.29, 0.717) is 37.3 Å². The number of nitrogens with one attached hydrogen (secondary N) is 1. The molecule has 1 aromatic heterocycles. The van der Waals surface area contributed by atoms with Crippen LogP contribution in [0.15, 0.2) is 83.1 Å². The van der Waals surface area contributed by atoms with Crippen molar-refractivity contribution in [1.29, 1.82) is 0 Å². The average molecular weight is 531 g/mol. The van der Waals surface area contributed by atoms with E-state index in [9.17, 15) is 4.79 Å². The van der Waals surface area contributed by atoms with E-state index in [2.05, 4.69) is 20.7 Å². The van der Waals surface area contributed by atoms with Crippen LogP contribution < -0.4 is 5.43 Å². The molecular formula is C24H18Cl3N5OS. The predicted molar refractivity (Wildman–Crippen MR) is 139 cm³/mol. The van der Waals surface area contributed by atoms with Gasteiger partial charge in [-0.25, -0.2) is 5.43 Å². The van der Waals surface area contributed by atoms with Crippen molar-refractivity contribution >= 4 is 58.2 Å². The summed E-state index contributed by atoms with van der Waals surface area (Å²) in [6, 6.07) is 22.2. The Balaban J connectivity index is 1.52. The minimum absolute atomic E-state index is 0.0889. The molecule has 1 N–H and O–H groups in total. The van der Waals surface area contributed by atoms with Crippen LogP contribution in [0.25, 0.3) is 17.1 Å². The fourth-order valence-corrected chi connectivity index (χ4v) is 4.53. The molecule has 0 spiro atoms. The monoisotopic (exact) mass is 529 g/mol. The van der Waals surface area contributed by atoms with E-state index in [1.807, 2.05) is 47.0 Å². The summed E-state index contributed by atoms with van der Waals surface area (Å²) >= 11 is 19.5. The van der Waals surface area contributed by atoms with Crippen LogP contribution in [0.1, 0.15) is 12.5 Å². The molecule has 1 amide bonds. The summed E-state index contributed by atoms with van der Waals surface area (Å²) in [7, 11) is 0. The van der Waals surface area contributed by atoms with Gasteiger partial charge in [-0.15, -0.1) is 10.2 Å². The average Bonchev–Trinajstić information content (AvgIpc) is 3.26. The molecule has 0 aliphatic heterocycles. The first kappa shape index (κ1) is 24.3. The highest BCUT2D eigenvalue weighted by Crippen LogP contribution is 2.28. The molecule has 0 atom stereocenters. The van der Waals surface area contributed by atoms with Crippen LogP contribution in [0.5, 0.6) is 0 Å². The molecule has 3 aromatic carbocycles. The van der Waals surface area contributed by atoms with Crippen molar-refractivity contribution in [3.8, 4) is 17.1 Å². The number of benzene rings is 3. The van der Waals surface area contributed by atoms with Gasteiger partial charge >= 0.3 is 0 Å². The number of hydrazone groups is 1. The number of carbonyl (C=O) groups excluding carboxylic acids is 1. The fraction of sp³-hybridized carbons (Fsp3) is 0.0833. The Morgan fingerprint density at radius 3 is 2.38 bits per heavy atom. The van der Waals surface area contributed by atoms with Crippen molar-refractivity contribution in [2.45, 2.75) is 12.1 Å². The van der Waals surface area contributed by atoms with E-state index in [-0.39, 0.29) is 11.7 Å². The smallest absolute Gasteiger partial charge is 0.250 e. The van der Waals surface area contributed by atoms with Gasteiger partial charge in [0.05, 0.1) is 16.5 Å². The van der Waals surface area contributed by atoms with Gasteiger partial charge < -0.3 is 0 Å². The third-order valence-electron chi connectivity index (χ3n) is 4.75. The van der Waals surface area contributed by atoms with E-state index in [0.717, 1.165) is 11.3 Å². The second kappa shape index (κ2) is 11.1. The summed E-state index contributed by atoms with van der Waals surface area (Å²) in [6.45, 7) is 1.76. The summed E-state index contributed by atoms with van der Waals surface area (Å²) in [5, 5.41) is 15.0. The van der Waals surface area contributed by atoms with E-state index in [1.54, 1.807) is 37.3 Å². The van der Waals surface area contributed by atoms with Crippen LogP contribution in [-0.4, -0.2) is 32.1 Å². The lowest BCUT2D eigenvalue weighted by Crippen LogP contribution is -2.21. The molecule has 172 valence electrons.